The maximum absolute atomic E-state index is 10.9. The van der Waals surface area contributed by atoms with Crippen molar-refractivity contribution >= 4 is 27.6 Å². The number of piperidine rings is 1. The first kappa shape index (κ1) is 17.0. The molecule has 0 radical (unpaired) electrons. The molecular formula is C18H24N4OS2. The van der Waals surface area contributed by atoms with Crippen LogP contribution in [0.4, 0.5) is 0 Å². The Morgan fingerprint density at radius 3 is 2.68 bits per heavy atom. The molecule has 0 saturated carbocycles. The second-order valence-electron chi connectivity index (χ2n) is 7.18. The molecule has 5 nitrogen and oxygen atoms in total. The van der Waals surface area contributed by atoms with Crippen LogP contribution < -0.4 is 0 Å². The molecule has 1 N–H and O–H groups in total. The molecule has 3 aromatic rings. The van der Waals surface area contributed by atoms with Crippen LogP contribution in [0.15, 0.2) is 17.5 Å². The van der Waals surface area contributed by atoms with Gasteiger partial charge >= 0.3 is 0 Å². The molecule has 1 fully saturated rings. The fraction of sp³-hybridized carbons (Fsp3) is 0.556. The van der Waals surface area contributed by atoms with Gasteiger partial charge in [0.05, 0.1) is 10.9 Å². The number of aromatic nitrogens is 3. The minimum atomic E-state index is 0.0868. The molecule has 0 amide bonds. The molecule has 4 heterocycles. The van der Waals surface area contributed by atoms with Gasteiger partial charge in [0.2, 0.25) is 10.8 Å². The molecule has 0 aliphatic carbocycles. The number of aromatic hydroxyl groups is 1. The summed E-state index contributed by atoms with van der Waals surface area (Å²) in [5.41, 5.74) is 0. The van der Waals surface area contributed by atoms with Crippen molar-refractivity contribution in [3.8, 4) is 5.88 Å². The van der Waals surface area contributed by atoms with Crippen molar-refractivity contribution in [2.75, 3.05) is 13.1 Å². The van der Waals surface area contributed by atoms with Crippen molar-refractivity contribution in [3.05, 3.63) is 33.1 Å². The highest BCUT2D eigenvalue weighted by Gasteiger charge is 2.34. The van der Waals surface area contributed by atoms with Crippen molar-refractivity contribution in [2.24, 2.45) is 11.8 Å². The average Bonchev–Trinajstić information content (AvgIpc) is 3.27. The summed E-state index contributed by atoms with van der Waals surface area (Å²) in [6.07, 6.45) is 2.05. The molecule has 25 heavy (non-hydrogen) atoms. The van der Waals surface area contributed by atoms with E-state index in [2.05, 4.69) is 46.3 Å². The van der Waals surface area contributed by atoms with Crippen LogP contribution in [0.2, 0.25) is 0 Å². The summed E-state index contributed by atoms with van der Waals surface area (Å²) >= 11 is 3.32. The van der Waals surface area contributed by atoms with Crippen LogP contribution >= 0.6 is 22.7 Å². The van der Waals surface area contributed by atoms with Gasteiger partial charge in [-0.2, -0.15) is 4.52 Å². The third-order valence-corrected chi connectivity index (χ3v) is 6.88. The zero-order valence-electron chi connectivity index (χ0n) is 14.8. The third kappa shape index (κ3) is 3.09. The minimum absolute atomic E-state index is 0.0868. The molecule has 4 rings (SSSR count). The van der Waals surface area contributed by atoms with Crippen LogP contribution in [0.3, 0.4) is 0 Å². The fourth-order valence-corrected chi connectivity index (χ4v) is 6.03. The summed E-state index contributed by atoms with van der Waals surface area (Å²) in [6, 6.07) is 4.35. The number of thiophene rings is 1. The predicted octanol–water partition coefficient (Wildman–Crippen LogP) is 4.19. The zero-order valence-corrected chi connectivity index (χ0v) is 16.5. The van der Waals surface area contributed by atoms with E-state index < -0.39 is 0 Å². The highest BCUT2D eigenvalue weighted by molar-refractivity contribution is 7.17. The fourth-order valence-electron chi connectivity index (χ4n) is 3.96. The predicted molar refractivity (Wildman–Crippen MR) is 103 cm³/mol. The normalized spacial score (nSPS) is 23.3. The van der Waals surface area contributed by atoms with Gasteiger partial charge in [-0.15, -0.1) is 16.4 Å². The summed E-state index contributed by atoms with van der Waals surface area (Å²) < 4.78 is 1.61. The largest absolute Gasteiger partial charge is 0.492 e. The number of thiazole rings is 1. The van der Waals surface area contributed by atoms with Crippen molar-refractivity contribution in [1.29, 1.82) is 0 Å². The first-order valence-corrected chi connectivity index (χ1v) is 10.6. The Kier molecular flexibility index (Phi) is 4.56. The van der Waals surface area contributed by atoms with E-state index in [1.54, 1.807) is 27.2 Å². The minimum Gasteiger partial charge on any atom is -0.492 e. The quantitative estimate of drug-likeness (QED) is 0.742. The Balaban J connectivity index is 1.78. The van der Waals surface area contributed by atoms with Gasteiger partial charge in [-0.05, 0) is 29.7 Å². The Morgan fingerprint density at radius 2 is 2.08 bits per heavy atom. The Morgan fingerprint density at radius 1 is 1.32 bits per heavy atom. The highest BCUT2D eigenvalue weighted by Crippen LogP contribution is 2.43. The van der Waals surface area contributed by atoms with Crippen molar-refractivity contribution in [2.45, 2.75) is 39.7 Å². The summed E-state index contributed by atoms with van der Waals surface area (Å²) in [7, 11) is 0. The Labute approximate surface area is 155 Å². The van der Waals surface area contributed by atoms with Gasteiger partial charge in [-0.1, -0.05) is 38.2 Å². The van der Waals surface area contributed by atoms with E-state index in [1.807, 2.05) is 6.92 Å². The number of fused-ring (bicyclic) bond motifs is 1. The second-order valence-corrected chi connectivity index (χ2v) is 9.17. The van der Waals surface area contributed by atoms with Crippen LogP contribution in [-0.2, 0) is 6.42 Å². The lowest BCUT2D eigenvalue weighted by molar-refractivity contribution is 0.113. The van der Waals surface area contributed by atoms with E-state index in [4.69, 9.17) is 0 Å². The average molecular weight is 377 g/mol. The number of nitrogens with zero attached hydrogens (tertiary/aromatic N) is 4. The first-order chi connectivity index (χ1) is 12.1. The van der Waals surface area contributed by atoms with Crippen molar-refractivity contribution in [3.63, 3.8) is 0 Å². The summed E-state index contributed by atoms with van der Waals surface area (Å²) in [5, 5.41) is 17.4. The molecule has 3 unspecified atom stereocenters. The Bertz CT molecular complexity index is 844. The van der Waals surface area contributed by atoms with Crippen LogP contribution in [0, 0.1) is 11.8 Å². The van der Waals surface area contributed by atoms with Crippen LogP contribution in [0.25, 0.3) is 4.96 Å². The number of hydrogen-bond donors (Lipinski definition) is 1. The SMILES string of the molecule is CCc1nc2sc(C(c3cccs3)N3CC(C)CC(C)C3)c(O)n2n1. The molecule has 1 saturated heterocycles. The maximum Gasteiger partial charge on any atom is 0.230 e. The maximum atomic E-state index is 10.9. The lowest BCUT2D eigenvalue weighted by Crippen LogP contribution is -2.41. The molecule has 3 atom stereocenters. The van der Waals surface area contributed by atoms with Gasteiger partial charge in [0.25, 0.3) is 0 Å². The molecule has 3 aromatic heterocycles. The molecule has 7 heteroatoms. The number of likely N-dealkylation sites (tertiary alicyclic amines) is 1. The second kappa shape index (κ2) is 6.70. The van der Waals surface area contributed by atoms with Crippen molar-refractivity contribution < 1.29 is 5.11 Å². The molecule has 0 aromatic carbocycles. The zero-order chi connectivity index (χ0) is 17.6. The van der Waals surface area contributed by atoms with Crippen LogP contribution in [0.5, 0.6) is 5.88 Å². The monoisotopic (exact) mass is 376 g/mol. The van der Waals surface area contributed by atoms with E-state index in [0.717, 1.165) is 35.2 Å². The third-order valence-electron chi connectivity index (χ3n) is 4.88. The lowest BCUT2D eigenvalue weighted by Gasteiger charge is -2.39. The van der Waals surface area contributed by atoms with E-state index in [9.17, 15) is 5.11 Å². The molecule has 134 valence electrons. The van der Waals surface area contributed by atoms with Crippen molar-refractivity contribution in [1.82, 2.24) is 19.5 Å². The molecule has 0 spiro atoms. The summed E-state index contributed by atoms with van der Waals surface area (Å²) in [4.78, 5) is 10.1. The molecule has 0 bridgehead atoms. The molecule has 1 aliphatic rings. The highest BCUT2D eigenvalue weighted by atomic mass is 32.1. The lowest BCUT2D eigenvalue weighted by atomic mass is 9.90. The van der Waals surface area contributed by atoms with E-state index >= 15 is 0 Å². The van der Waals surface area contributed by atoms with Gasteiger partial charge in [-0.25, -0.2) is 4.98 Å². The van der Waals surface area contributed by atoms with Gasteiger partial charge in [0.15, 0.2) is 5.82 Å². The van der Waals surface area contributed by atoms with Crippen LogP contribution in [-0.4, -0.2) is 37.7 Å². The van der Waals surface area contributed by atoms with Gasteiger partial charge in [-0.3, -0.25) is 4.90 Å². The number of aryl methyl sites for hydroxylation is 1. The van der Waals surface area contributed by atoms with Gasteiger partial charge < -0.3 is 5.11 Å². The smallest absolute Gasteiger partial charge is 0.230 e. The molecule has 1 aliphatic heterocycles. The first-order valence-electron chi connectivity index (χ1n) is 8.91. The molecular weight excluding hydrogens is 352 g/mol. The van der Waals surface area contributed by atoms with E-state index in [0.29, 0.717) is 11.8 Å². The summed E-state index contributed by atoms with van der Waals surface area (Å²) in [5.74, 6) is 2.36. The topological polar surface area (TPSA) is 53.7 Å². The van der Waals surface area contributed by atoms with E-state index in [-0.39, 0.29) is 11.9 Å². The van der Waals surface area contributed by atoms with Gasteiger partial charge in [0, 0.05) is 24.4 Å². The Hall–Kier alpha value is -1.44. The number of hydrogen-bond acceptors (Lipinski definition) is 6. The number of rotatable bonds is 4. The standard InChI is InChI=1S/C18H24N4OS2/c1-4-14-19-18-22(20-14)17(23)16(25-18)15(13-6-5-7-24-13)21-9-11(2)8-12(3)10-21/h5-7,11-12,15,23H,4,8-10H2,1-3H3. The summed E-state index contributed by atoms with van der Waals surface area (Å²) in [6.45, 7) is 8.79. The van der Waals surface area contributed by atoms with Crippen LogP contribution in [0.1, 0.15) is 48.8 Å². The van der Waals surface area contributed by atoms with E-state index in [1.165, 1.54) is 11.3 Å². The van der Waals surface area contributed by atoms with Gasteiger partial charge in [0.1, 0.15) is 0 Å².